The number of nitrogens with two attached hydrogens (primary N) is 1. The topological polar surface area (TPSA) is 85.4 Å². The molecule has 5 nitrogen and oxygen atoms in total. The number of aliphatic hydroxyl groups is 1. The molecule has 1 amide bonds. The van der Waals surface area contributed by atoms with Crippen LogP contribution in [-0.2, 0) is 4.74 Å². The second kappa shape index (κ2) is 4.26. The molecule has 1 aromatic rings. The fourth-order valence-electron chi connectivity index (χ4n) is 1.57. The number of aliphatic hydroxyl groups excluding tert-OH is 1. The second-order valence-electron chi connectivity index (χ2n) is 3.44. The molecule has 1 saturated heterocycles. The molecule has 82 valence electrons. The Labute approximate surface area is 90.9 Å². The summed E-state index contributed by atoms with van der Waals surface area (Å²) in [6.45, 7) is 0.0323. The monoisotopic (exact) mass is 228 g/mol. The van der Waals surface area contributed by atoms with Gasteiger partial charge < -0.3 is 15.6 Å². The summed E-state index contributed by atoms with van der Waals surface area (Å²) < 4.78 is 5.54. The van der Waals surface area contributed by atoms with Gasteiger partial charge in [-0.05, 0) is 12.8 Å². The Morgan fingerprint density at radius 1 is 1.73 bits per heavy atom. The molecular formula is C9H12N2O3S. The molecule has 2 rings (SSSR count). The van der Waals surface area contributed by atoms with E-state index in [0.29, 0.717) is 0 Å². The van der Waals surface area contributed by atoms with Crippen molar-refractivity contribution in [3.05, 3.63) is 16.1 Å². The SMILES string of the molecule is NC(=O)c1csc(C2CCC(CO)O2)n1. The van der Waals surface area contributed by atoms with Gasteiger partial charge in [0.25, 0.3) is 5.91 Å². The first-order chi connectivity index (χ1) is 7.20. The summed E-state index contributed by atoms with van der Waals surface area (Å²) in [5.41, 5.74) is 5.39. The highest BCUT2D eigenvalue weighted by Gasteiger charge is 2.28. The molecule has 1 aliphatic rings. The van der Waals surface area contributed by atoms with Crippen LogP contribution in [-0.4, -0.2) is 28.7 Å². The number of carbonyl (C=O) groups excluding carboxylic acids is 1. The second-order valence-corrected chi connectivity index (χ2v) is 4.33. The van der Waals surface area contributed by atoms with E-state index in [-0.39, 0.29) is 24.5 Å². The van der Waals surface area contributed by atoms with Crippen LogP contribution in [0.2, 0.25) is 0 Å². The van der Waals surface area contributed by atoms with Gasteiger partial charge >= 0.3 is 0 Å². The van der Waals surface area contributed by atoms with E-state index >= 15 is 0 Å². The zero-order chi connectivity index (χ0) is 10.8. The third-order valence-corrected chi connectivity index (χ3v) is 3.30. The third-order valence-electron chi connectivity index (χ3n) is 2.36. The standard InChI is InChI=1S/C9H12N2O3S/c10-8(13)6-4-15-9(11-6)7-2-1-5(3-12)14-7/h4-5,7,12H,1-3H2,(H2,10,13). The van der Waals surface area contributed by atoms with E-state index in [0.717, 1.165) is 17.8 Å². The average molecular weight is 228 g/mol. The highest BCUT2D eigenvalue weighted by molar-refractivity contribution is 7.09. The van der Waals surface area contributed by atoms with Gasteiger partial charge in [0.05, 0.1) is 12.7 Å². The maximum atomic E-state index is 10.8. The van der Waals surface area contributed by atoms with Crippen LogP contribution in [0.5, 0.6) is 0 Å². The summed E-state index contributed by atoms with van der Waals surface area (Å²) >= 11 is 1.37. The van der Waals surface area contributed by atoms with Crippen molar-refractivity contribution in [2.75, 3.05) is 6.61 Å². The fourth-order valence-corrected chi connectivity index (χ4v) is 2.45. The first kappa shape index (κ1) is 10.5. The van der Waals surface area contributed by atoms with Gasteiger partial charge in [-0.25, -0.2) is 4.98 Å². The molecule has 0 bridgehead atoms. The van der Waals surface area contributed by atoms with Crippen molar-refractivity contribution >= 4 is 17.2 Å². The molecule has 2 heterocycles. The number of rotatable bonds is 3. The molecule has 1 aliphatic heterocycles. The summed E-state index contributed by atoms with van der Waals surface area (Å²) in [4.78, 5) is 14.9. The number of amides is 1. The molecule has 1 aromatic heterocycles. The van der Waals surface area contributed by atoms with Crippen molar-refractivity contribution in [3.8, 4) is 0 Å². The minimum atomic E-state index is -0.519. The van der Waals surface area contributed by atoms with E-state index in [4.69, 9.17) is 15.6 Å². The number of hydrogen-bond acceptors (Lipinski definition) is 5. The molecule has 6 heteroatoms. The number of hydrogen-bond donors (Lipinski definition) is 2. The predicted octanol–water partition coefficient (Wildman–Crippen LogP) is 0.454. The lowest BCUT2D eigenvalue weighted by Crippen LogP contribution is -2.12. The third kappa shape index (κ3) is 2.17. The lowest BCUT2D eigenvalue weighted by atomic mass is 10.2. The number of thiazole rings is 1. The van der Waals surface area contributed by atoms with Crippen molar-refractivity contribution < 1.29 is 14.6 Å². The van der Waals surface area contributed by atoms with E-state index in [1.165, 1.54) is 11.3 Å². The molecule has 0 saturated carbocycles. The zero-order valence-corrected chi connectivity index (χ0v) is 8.87. The van der Waals surface area contributed by atoms with Crippen LogP contribution in [0.15, 0.2) is 5.38 Å². The Bertz CT molecular complexity index is 366. The minimum absolute atomic E-state index is 0.0323. The van der Waals surface area contributed by atoms with Crippen molar-refractivity contribution in [2.45, 2.75) is 25.0 Å². The molecule has 0 spiro atoms. The van der Waals surface area contributed by atoms with Crippen LogP contribution in [0.3, 0.4) is 0 Å². The number of primary amides is 1. The molecular weight excluding hydrogens is 216 g/mol. The Morgan fingerprint density at radius 3 is 3.07 bits per heavy atom. The normalized spacial score (nSPS) is 25.7. The van der Waals surface area contributed by atoms with E-state index in [1.54, 1.807) is 5.38 Å². The van der Waals surface area contributed by atoms with Crippen molar-refractivity contribution in [1.82, 2.24) is 4.98 Å². The van der Waals surface area contributed by atoms with Gasteiger partial charge in [-0.3, -0.25) is 4.79 Å². The van der Waals surface area contributed by atoms with Gasteiger partial charge in [-0.2, -0.15) is 0 Å². The number of nitrogens with zero attached hydrogens (tertiary/aromatic N) is 1. The number of aromatic nitrogens is 1. The Hall–Kier alpha value is -0.980. The van der Waals surface area contributed by atoms with Gasteiger partial charge in [-0.1, -0.05) is 0 Å². The maximum Gasteiger partial charge on any atom is 0.268 e. The molecule has 2 atom stereocenters. The maximum absolute atomic E-state index is 10.8. The Balaban J connectivity index is 2.07. The summed E-state index contributed by atoms with van der Waals surface area (Å²) in [5.74, 6) is -0.519. The number of carbonyl (C=O) groups is 1. The highest BCUT2D eigenvalue weighted by atomic mass is 32.1. The summed E-state index contributed by atoms with van der Waals surface area (Å²) in [6.07, 6.45) is 1.46. The van der Waals surface area contributed by atoms with E-state index in [9.17, 15) is 4.79 Å². The summed E-state index contributed by atoms with van der Waals surface area (Å²) in [5, 5.41) is 11.3. The molecule has 0 aromatic carbocycles. The summed E-state index contributed by atoms with van der Waals surface area (Å²) in [6, 6.07) is 0. The zero-order valence-electron chi connectivity index (χ0n) is 8.05. The van der Waals surface area contributed by atoms with E-state index < -0.39 is 5.91 Å². The molecule has 0 aliphatic carbocycles. The Kier molecular flexibility index (Phi) is 2.99. The molecule has 2 unspecified atom stereocenters. The van der Waals surface area contributed by atoms with Crippen LogP contribution >= 0.6 is 11.3 Å². The van der Waals surface area contributed by atoms with Crippen LogP contribution in [0.1, 0.15) is 34.4 Å². The molecule has 15 heavy (non-hydrogen) atoms. The molecule has 1 fully saturated rings. The van der Waals surface area contributed by atoms with Crippen LogP contribution in [0, 0.1) is 0 Å². The van der Waals surface area contributed by atoms with E-state index in [2.05, 4.69) is 4.98 Å². The van der Waals surface area contributed by atoms with E-state index in [1.807, 2.05) is 0 Å². The minimum Gasteiger partial charge on any atom is -0.394 e. The van der Waals surface area contributed by atoms with Gasteiger partial charge in [0.15, 0.2) is 0 Å². The van der Waals surface area contributed by atoms with Crippen molar-refractivity contribution in [1.29, 1.82) is 0 Å². The first-order valence-electron chi connectivity index (χ1n) is 4.72. The predicted molar refractivity (Wildman–Crippen MR) is 54.6 cm³/mol. The summed E-state index contributed by atoms with van der Waals surface area (Å²) in [7, 11) is 0. The highest BCUT2D eigenvalue weighted by Crippen LogP contribution is 2.33. The van der Waals surface area contributed by atoms with Crippen molar-refractivity contribution in [2.24, 2.45) is 5.73 Å². The van der Waals surface area contributed by atoms with Gasteiger partial charge in [0.1, 0.15) is 16.8 Å². The largest absolute Gasteiger partial charge is 0.394 e. The smallest absolute Gasteiger partial charge is 0.268 e. The quantitative estimate of drug-likeness (QED) is 0.786. The molecule has 3 N–H and O–H groups in total. The molecule has 0 radical (unpaired) electrons. The first-order valence-corrected chi connectivity index (χ1v) is 5.60. The number of ether oxygens (including phenoxy) is 1. The average Bonchev–Trinajstić information content (AvgIpc) is 2.86. The lowest BCUT2D eigenvalue weighted by Gasteiger charge is -2.08. The van der Waals surface area contributed by atoms with Gasteiger partial charge in [0, 0.05) is 5.38 Å². The van der Waals surface area contributed by atoms with Crippen LogP contribution in [0.25, 0.3) is 0 Å². The lowest BCUT2D eigenvalue weighted by molar-refractivity contribution is 0.0109. The Morgan fingerprint density at radius 2 is 2.53 bits per heavy atom. The van der Waals surface area contributed by atoms with Crippen LogP contribution < -0.4 is 5.73 Å². The van der Waals surface area contributed by atoms with Crippen LogP contribution in [0.4, 0.5) is 0 Å². The van der Waals surface area contributed by atoms with Gasteiger partial charge in [0.2, 0.25) is 0 Å². The fraction of sp³-hybridized carbons (Fsp3) is 0.556. The van der Waals surface area contributed by atoms with Gasteiger partial charge in [-0.15, -0.1) is 11.3 Å². The van der Waals surface area contributed by atoms with Crippen molar-refractivity contribution in [3.63, 3.8) is 0 Å².